The van der Waals surface area contributed by atoms with E-state index in [0.29, 0.717) is 5.56 Å². The SMILES string of the molecule is NN1CCC(OC(=O)c2ccccc2)CC1. The second-order valence-electron chi connectivity index (χ2n) is 4.01. The Bertz CT molecular complexity index is 345. The minimum absolute atomic E-state index is 0.00695. The number of hydrogen-bond acceptors (Lipinski definition) is 4. The molecule has 1 saturated heterocycles. The lowest BCUT2D eigenvalue weighted by molar-refractivity contribution is 0.0112. The quantitative estimate of drug-likeness (QED) is 0.600. The van der Waals surface area contributed by atoms with Crippen LogP contribution >= 0.6 is 0 Å². The zero-order chi connectivity index (χ0) is 11.4. The standard InChI is InChI=1S/C12H16N2O2/c13-14-8-6-11(7-9-14)16-12(15)10-4-2-1-3-5-10/h1-5,11H,6-9,13H2. The molecule has 0 aliphatic carbocycles. The molecule has 0 bridgehead atoms. The number of hydrogen-bond donors (Lipinski definition) is 1. The first kappa shape index (κ1) is 11.1. The van der Waals surface area contributed by atoms with Crippen molar-refractivity contribution < 1.29 is 9.53 Å². The van der Waals surface area contributed by atoms with E-state index in [-0.39, 0.29) is 12.1 Å². The van der Waals surface area contributed by atoms with Gasteiger partial charge in [0.05, 0.1) is 5.56 Å². The van der Waals surface area contributed by atoms with Gasteiger partial charge < -0.3 is 4.74 Å². The van der Waals surface area contributed by atoms with E-state index < -0.39 is 0 Å². The molecule has 0 radical (unpaired) electrons. The smallest absolute Gasteiger partial charge is 0.338 e. The van der Waals surface area contributed by atoms with Gasteiger partial charge in [-0.1, -0.05) is 18.2 Å². The molecule has 2 rings (SSSR count). The fourth-order valence-corrected chi connectivity index (χ4v) is 1.79. The molecule has 0 spiro atoms. The van der Waals surface area contributed by atoms with Crippen molar-refractivity contribution in [3.63, 3.8) is 0 Å². The Morgan fingerprint density at radius 3 is 2.50 bits per heavy atom. The van der Waals surface area contributed by atoms with Gasteiger partial charge in [0.15, 0.2) is 0 Å². The van der Waals surface area contributed by atoms with Gasteiger partial charge >= 0.3 is 5.97 Å². The van der Waals surface area contributed by atoms with Crippen LogP contribution in [0.3, 0.4) is 0 Å². The van der Waals surface area contributed by atoms with Crippen LogP contribution in [-0.4, -0.2) is 30.2 Å². The third-order valence-corrected chi connectivity index (χ3v) is 2.76. The summed E-state index contributed by atoms with van der Waals surface area (Å²) in [5, 5.41) is 1.76. The van der Waals surface area contributed by atoms with Crippen LogP contribution in [0.15, 0.2) is 30.3 Å². The molecule has 86 valence electrons. The van der Waals surface area contributed by atoms with E-state index in [0.717, 1.165) is 25.9 Å². The summed E-state index contributed by atoms with van der Waals surface area (Å²) in [6.07, 6.45) is 1.64. The third kappa shape index (κ3) is 2.81. The lowest BCUT2D eigenvalue weighted by Gasteiger charge is -2.28. The number of esters is 1. The first-order valence-electron chi connectivity index (χ1n) is 5.51. The van der Waals surface area contributed by atoms with Crippen molar-refractivity contribution in [2.75, 3.05) is 13.1 Å². The first-order valence-corrected chi connectivity index (χ1v) is 5.51. The van der Waals surface area contributed by atoms with Crippen molar-refractivity contribution >= 4 is 5.97 Å². The highest BCUT2D eigenvalue weighted by atomic mass is 16.5. The van der Waals surface area contributed by atoms with Crippen molar-refractivity contribution in [3.8, 4) is 0 Å². The molecule has 0 aromatic heterocycles. The Balaban J connectivity index is 1.88. The van der Waals surface area contributed by atoms with Crippen LogP contribution in [-0.2, 0) is 4.74 Å². The van der Waals surface area contributed by atoms with Crippen molar-refractivity contribution in [2.24, 2.45) is 5.84 Å². The molecule has 1 aromatic rings. The van der Waals surface area contributed by atoms with E-state index in [2.05, 4.69) is 0 Å². The van der Waals surface area contributed by atoms with Crippen LogP contribution in [0.5, 0.6) is 0 Å². The molecule has 0 atom stereocenters. The van der Waals surface area contributed by atoms with Crippen molar-refractivity contribution in [1.29, 1.82) is 0 Å². The summed E-state index contributed by atoms with van der Waals surface area (Å²) in [4.78, 5) is 11.7. The van der Waals surface area contributed by atoms with Crippen LogP contribution in [0.4, 0.5) is 0 Å². The number of carbonyl (C=O) groups is 1. The van der Waals surface area contributed by atoms with Gasteiger partial charge in [0, 0.05) is 13.1 Å². The normalized spacial score (nSPS) is 18.3. The average Bonchev–Trinajstić information content (AvgIpc) is 2.33. The lowest BCUT2D eigenvalue weighted by atomic mass is 10.1. The van der Waals surface area contributed by atoms with Crippen molar-refractivity contribution in [2.45, 2.75) is 18.9 Å². The monoisotopic (exact) mass is 220 g/mol. The summed E-state index contributed by atoms with van der Waals surface area (Å²) in [5.74, 6) is 5.39. The molecular weight excluding hydrogens is 204 g/mol. The maximum absolute atomic E-state index is 11.7. The maximum atomic E-state index is 11.7. The molecule has 1 aliphatic rings. The van der Waals surface area contributed by atoms with E-state index in [1.54, 1.807) is 17.1 Å². The molecular formula is C12H16N2O2. The Kier molecular flexibility index (Phi) is 3.54. The maximum Gasteiger partial charge on any atom is 0.338 e. The predicted molar refractivity (Wildman–Crippen MR) is 60.6 cm³/mol. The summed E-state index contributed by atoms with van der Waals surface area (Å²) in [5.41, 5.74) is 0.609. The summed E-state index contributed by atoms with van der Waals surface area (Å²) < 4.78 is 5.40. The van der Waals surface area contributed by atoms with E-state index in [9.17, 15) is 4.79 Å². The number of hydrazine groups is 1. The molecule has 1 heterocycles. The average molecular weight is 220 g/mol. The van der Waals surface area contributed by atoms with Gasteiger partial charge in [-0.05, 0) is 25.0 Å². The lowest BCUT2D eigenvalue weighted by Crippen LogP contribution is -2.41. The van der Waals surface area contributed by atoms with Gasteiger partial charge in [-0.3, -0.25) is 5.84 Å². The summed E-state index contributed by atoms with van der Waals surface area (Å²) in [6, 6.07) is 9.07. The Morgan fingerprint density at radius 1 is 1.25 bits per heavy atom. The number of piperidine rings is 1. The Morgan fingerprint density at radius 2 is 1.88 bits per heavy atom. The fourth-order valence-electron chi connectivity index (χ4n) is 1.79. The molecule has 0 amide bonds. The summed E-state index contributed by atoms with van der Waals surface area (Å²) in [6.45, 7) is 1.57. The highest BCUT2D eigenvalue weighted by Gasteiger charge is 2.20. The molecule has 0 unspecified atom stereocenters. The highest BCUT2D eigenvalue weighted by molar-refractivity contribution is 5.89. The van der Waals surface area contributed by atoms with Gasteiger partial charge in [0.2, 0.25) is 0 Å². The predicted octanol–water partition coefficient (Wildman–Crippen LogP) is 1.18. The van der Waals surface area contributed by atoms with Crippen LogP contribution in [0, 0.1) is 0 Å². The topological polar surface area (TPSA) is 55.6 Å². The largest absolute Gasteiger partial charge is 0.459 e. The van der Waals surface area contributed by atoms with Crippen LogP contribution in [0.25, 0.3) is 0 Å². The van der Waals surface area contributed by atoms with Gasteiger partial charge in [0.1, 0.15) is 6.10 Å². The number of carbonyl (C=O) groups excluding carboxylic acids is 1. The minimum Gasteiger partial charge on any atom is -0.459 e. The second-order valence-corrected chi connectivity index (χ2v) is 4.01. The zero-order valence-corrected chi connectivity index (χ0v) is 9.13. The van der Waals surface area contributed by atoms with Crippen molar-refractivity contribution in [1.82, 2.24) is 5.01 Å². The molecule has 1 fully saturated rings. The van der Waals surface area contributed by atoms with E-state index in [1.165, 1.54) is 0 Å². The number of nitrogens with zero attached hydrogens (tertiary/aromatic N) is 1. The van der Waals surface area contributed by atoms with Gasteiger partial charge in [-0.25, -0.2) is 9.80 Å². The van der Waals surface area contributed by atoms with E-state index >= 15 is 0 Å². The Hall–Kier alpha value is -1.39. The van der Waals surface area contributed by atoms with E-state index in [1.807, 2.05) is 18.2 Å². The van der Waals surface area contributed by atoms with Gasteiger partial charge in [0.25, 0.3) is 0 Å². The summed E-state index contributed by atoms with van der Waals surface area (Å²) >= 11 is 0. The van der Waals surface area contributed by atoms with Gasteiger partial charge in [-0.15, -0.1) is 0 Å². The summed E-state index contributed by atoms with van der Waals surface area (Å²) in [7, 11) is 0. The molecule has 1 aromatic carbocycles. The van der Waals surface area contributed by atoms with Crippen LogP contribution in [0.1, 0.15) is 23.2 Å². The number of nitrogens with two attached hydrogens (primary N) is 1. The first-order chi connectivity index (χ1) is 7.75. The number of benzene rings is 1. The Labute approximate surface area is 95.0 Å². The molecule has 16 heavy (non-hydrogen) atoms. The molecule has 1 aliphatic heterocycles. The van der Waals surface area contributed by atoms with E-state index in [4.69, 9.17) is 10.6 Å². The zero-order valence-electron chi connectivity index (χ0n) is 9.13. The van der Waals surface area contributed by atoms with Crippen LogP contribution in [0.2, 0.25) is 0 Å². The molecule has 2 N–H and O–H groups in total. The third-order valence-electron chi connectivity index (χ3n) is 2.76. The van der Waals surface area contributed by atoms with Gasteiger partial charge in [-0.2, -0.15) is 0 Å². The fraction of sp³-hybridized carbons (Fsp3) is 0.417. The number of ether oxygens (including phenoxy) is 1. The van der Waals surface area contributed by atoms with Crippen LogP contribution < -0.4 is 5.84 Å². The van der Waals surface area contributed by atoms with Crippen molar-refractivity contribution in [3.05, 3.63) is 35.9 Å². The second kappa shape index (κ2) is 5.09. The molecule has 4 heteroatoms. The molecule has 4 nitrogen and oxygen atoms in total. The highest BCUT2D eigenvalue weighted by Crippen LogP contribution is 2.13. The number of rotatable bonds is 2. The minimum atomic E-state index is -0.240. The molecule has 0 saturated carbocycles.